The molecule has 4 aromatic rings. The van der Waals surface area contributed by atoms with Gasteiger partial charge >= 0.3 is 0 Å². The highest BCUT2D eigenvalue weighted by atomic mass is 32.2. The Morgan fingerprint density at radius 1 is 0.761 bits per heavy atom. The van der Waals surface area contributed by atoms with Crippen LogP contribution in [0.4, 0.5) is 0 Å². The molecule has 0 aliphatic carbocycles. The Balaban J connectivity index is 1.55. The van der Waals surface area contributed by atoms with Crippen LogP contribution >= 0.6 is 0 Å². The minimum Gasteiger partial charge on any atom is -0.493 e. The number of nitrogens with zero attached hydrogens (tertiary/aromatic N) is 1. The fourth-order valence-corrected chi connectivity index (χ4v) is 6.22. The second-order valence-corrected chi connectivity index (χ2v) is 12.5. The second kappa shape index (κ2) is 16.6. The molecule has 4 rings (SSSR count). The number of carbonyl (C=O) groups is 2. The molecule has 10 heteroatoms. The maximum absolute atomic E-state index is 14.0. The number of carbonyl (C=O) groups excluding carboxylic acids is 2. The van der Waals surface area contributed by atoms with Crippen molar-refractivity contribution >= 4 is 21.8 Å². The number of methoxy groups -OCH3 is 2. The molecule has 9 nitrogen and oxygen atoms in total. The lowest BCUT2D eigenvalue weighted by molar-refractivity contribution is -0.141. The van der Waals surface area contributed by atoms with E-state index in [4.69, 9.17) is 9.47 Å². The van der Waals surface area contributed by atoms with Crippen molar-refractivity contribution in [2.75, 3.05) is 27.3 Å². The molecule has 0 spiro atoms. The summed E-state index contributed by atoms with van der Waals surface area (Å²) in [5.41, 5.74) is 3.39. The van der Waals surface area contributed by atoms with Crippen LogP contribution in [-0.4, -0.2) is 52.4 Å². The normalized spacial score (nSPS) is 11.8. The van der Waals surface area contributed by atoms with Gasteiger partial charge in [-0.25, -0.2) is 13.1 Å². The molecule has 2 amide bonds. The van der Waals surface area contributed by atoms with Crippen LogP contribution in [0.2, 0.25) is 0 Å². The highest BCUT2D eigenvalue weighted by Crippen LogP contribution is 2.28. The molecule has 0 aliphatic rings. The zero-order chi connectivity index (χ0) is 32.9. The van der Waals surface area contributed by atoms with Gasteiger partial charge in [-0.2, -0.15) is 0 Å². The predicted molar refractivity (Wildman–Crippen MR) is 178 cm³/mol. The molecular weight excluding hydrogens is 602 g/mol. The second-order valence-electron chi connectivity index (χ2n) is 10.7. The van der Waals surface area contributed by atoms with Gasteiger partial charge < -0.3 is 19.7 Å². The van der Waals surface area contributed by atoms with Gasteiger partial charge in [0, 0.05) is 26.1 Å². The van der Waals surface area contributed by atoms with E-state index in [9.17, 15) is 18.0 Å². The van der Waals surface area contributed by atoms with Crippen LogP contribution in [0.25, 0.3) is 0 Å². The zero-order valence-corrected chi connectivity index (χ0v) is 27.3. The quantitative estimate of drug-likeness (QED) is 0.176. The molecule has 0 unspecified atom stereocenters. The first kappa shape index (κ1) is 34.2. The molecule has 0 saturated heterocycles. The molecule has 0 saturated carbocycles. The van der Waals surface area contributed by atoms with Gasteiger partial charge in [-0.1, -0.05) is 85.8 Å². The molecule has 0 aliphatic heterocycles. The zero-order valence-electron chi connectivity index (χ0n) is 26.4. The Hall–Kier alpha value is -4.67. The number of ether oxygens (including phenoxy) is 2. The number of hydrogen-bond donors (Lipinski definition) is 2. The predicted octanol–water partition coefficient (Wildman–Crippen LogP) is 5.06. The monoisotopic (exact) mass is 643 g/mol. The van der Waals surface area contributed by atoms with E-state index in [2.05, 4.69) is 10.0 Å². The van der Waals surface area contributed by atoms with Gasteiger partial charge in [0.05, 0.1) is 19.1 Å². The van der Waals surface area contributed by atoms with Crippen molar-refractivity contribution in [1.29, 1.82) is 0 Å². The van der Waals surface area contributed by atoms with Gasteiger partial charge in [-0.05, 0) is 59.4 Å². The summed E-state index contributed by atoms with van der Waals surface area (Å²) in [5, 5.41) is 3.05. The maximum Gasteiger partial charge on any atom is 0.247 e. The van der Waals surface area contributed by atoms with Gasteiger partial charge in [0.2, 0.25) is 21.8 Å². The minimum absolute atomic E-state index is 0.133. The first-order valence-corrected chi connectivity index (χ1v) is 16.7. The molecule has 1 atom stereocenters. The number of sulfonamides is 1. The minimum atomic E-state index is -3.57. The molecule has 0 fully saturated rings. The summed E-state index contributed by atoms with van der Waals surface area (Å²) in [6.45, 7) is 2.61. The number of nitrogens with one attached hydrogen (secondary N) is 2. The third-order valence-corrected chi connectivity index (χ3v) is 9.11. The summed E-state index contributed by atoms with van der Waals surface area (Å²) in [5.74, 6) is 0.761. The van der Waals surface area contributed by atoms with Crippen molar-refractivity contribution in [3.05, 3.63) is 125 Å². The van der Waals surface area contributed by atoms with Crippen LogP contribution in [0.5, 0.6) is 11.5 Å². The summed E-state index contributed by atoms with van der Waals surface area (Å²) in [7, 11) is -0.410. The van der Waals surface area contributed by atoms with Gasteiger partial charge in [-0.15, -0.1) is 0 Å². The van der Waals surface area contributed by atoms with E-state index in [0.29, 0.717) is 43.0 Å². The van der Waals surface area contributed by atoms with E-state index in [1.807, 2.05) is 78.9 Å². The standard InChI is InChI=1S/C36H41N3O6S/c1-4-38-46(42,43)31-19-15-27(16-20-31)18-22-34(40)39(26-29-11-7-5-8-12-29)35(30-13-9-6-10-14-30)36(41)37-24-23-28-17-21-32(44-2)33(25-28)45-3/h5-17,19-21,25,35,38H,4,18,22-24,26H2,1-3H3,(H,37,41)/t35-/m1/s1. The molecule has 46 heavy (non-hydrogen) atoms. The molecule has 0 bridgehead atoms. The molecule has 4 aromatic carbocycles. The summed E-state index contributed by atoms with van der Waals surface area (Å²) < 4.78 is 37.9. The Morgan fingerprint density at radius 3 is 2.02 bits per heavy atom. The van der Waals surface area contributed by atoms with Crippen LogP contribution in [0.15, 0.2) is 108 Å². The van der Waals surface area contributed by atoms with Crippen LogP contribution in [0, 0.1) is 0 Å². The number of aryl methyl sites for hydroxylation is 1. The van der Waals surface area contributed by atoms with E-state index in [0.717, 1.165) is 16.7 Å². The van der Waals surface area contributed by atoms with Crippen molar-refractivity contribution < 1.29 is 27.5 Å². The van der Waals surface area contributed by atoms with E-state index < -0.39 is 16.1 Å². The van der Waals surface area contributed by atoms with Crippen LogP contribution in [0.1, 0.15) is 41.6 Å². The first-order valence-electron chi connectivity index (χ1n) is 15.2. The van der Waals surface area contributed by atoms with E-state index in [1.54, 1.807) is 38.2 Å². The Morgan fingerprint density at radius 2 is 1.39 bits per heavy atom. The van der Waals surface area contributed by atoms with Crippen molar-refractivity contribution in [3.8, 4) is 11.5 Å². The summed E-state index contributed by atoms with van der Waals surface area (Å²) in [4.78, 5) is 29.7. The largest absolute Gasteiger partial charge is 0.493 e. The molecular formula is C36H41N3O6S. The van der Waals surface area contributed by atoms with Crippen molar-refractivity contribution in [1.82, 2.24) is 14.9 Å². The van der Waals surface area contributed by atoms with Gasteiger partial charge in [0.1, 0.15) is 6.04 Å². The average molecular weight is 644 g/mol. The summed E-state index contributed by atoms with van der Waals surface area (Å²) in [6.07, 6.45) is 1.07. The SMILES string of the molecule is CCNS(=O)(=O)c1ccc(CCC(=O)N(Cc2ccccc2)[C@@H](C(=O)NCCc2ccc(OC)c(OC)c2)c2ccccc2)cc1. The average Bonchev–Trinajstić information content (AvgIpc) is 3.08. The summed E-state index contributed by atoms with van der Waals surface area (Å²) in [6, 6.07) is 30.2. The lowest BCUT2D eigenvalue weighted by Gasteiger charge is -2.32. The molecule has 2 N–H and O–H groups in total. The lowest BCUT2D eigenvalue weighted by atomic mass is 10.0. The number of benzene rings is 4. The number of amides is 2. The number of rotatable bonds is 16. The van der Waals surface area contributed by atoms with Crippen molar-refractivity contribution in [3.63, 3.8) is 0 Å². The van der Waals surface area contributed by atoms with E-state index >= 15 is 0 Å². The van der Waals surface area contributed by atoms with Crippen molar-refractivity contribution in [2.45, 2.75) is 43.7 Å². The van der Waals surface area contributed by atoms with Crippen LogP contribution in [-0.2, 0) is 39.0 Å². The first-order chi connectivity index (χ1) is 22.2. The third kappa shape index (κ3) is 9.18. The third-order valence-electron chi connectivity index (χ3n) is 7.55. The highest BCUT2D eigenvalue weighted by molar-refractivity contribution is 7.89. The fourth-order valence-electron chi connectivity index (χ4n) is 5.18. The maximum atomic E-state index is 14.0. The van der Waals surface area contributed by atoms with Gasteiger partial charge in [-0.3, -0.25) is 9.59 Å². The smallest absolute Gasteiger partial charge is 0.247 e. The Kier molecular flexibility index (Phi) is 12.3. The van der Waals surface area contributed by atoms with Gasteiger partial charge in [0.25, 0.3) is 0 Å². The molecule has 0 aromatic heterocycles. The summed E-state index contributed by atoms with van der Waals surface area (Å²) >= 11 is 0. The molecule has 242 valence electrons. The van der Waals surface area contributed by atoms with Gasteiger partial charge in [0.15, 0.2) is 11.5 Å². The highest BCUT2D eigenvalue weighted by Gasteiger charge is 2.31. The van der Waals surface area contributed by atoms with Crippen LogP contribution in [0.3, 0.4) is 0 Å². The van der Waals surface area contributed by atoms with Crippen molar-refractivity contribution in [2.24, 2.45) is 0 Å². The van der Waals surface area contributed by atoms with E-state index in [1.165, 1.54) is 12.1 Å². The fraction of sp³-hybridized carbons (Fsp3) is 0.278. The Bertz CT molecular complexity index is 1680. The van der Waals surface area contributed by atoms with Crippen LogP contribution < -0.4 is 19.5 Å². The Labute approximate surface area is 271 Å². The molecule has 0 heterocycles. The number of hydrogen-bond acceptors (Lipinski definition) is 6. The molecule has 0 radical (unpaired) electrons. The lowest BCUT2D eigenvalue weighted by Crippen LogP contribution is -2.44. The van der Waals surface area contributed by atoms with E-state index in [-0.39, 0.29) is 29.7 Å². The topological polar surface area (TPSA) is 114 Å².